The monoisotopic (exact) mass is 205 g/mol. The summed E-state index contributed by atoms with van der Waals surface area (Å²) in [4.78, 5) is 2.25. The summed E-state index contributed by atoms with van der Waals surface area (Å²) in [5, 5.41) is 18.7. The molecule has 0 spiro atoms. The van der Waals surface area contributed by atoms with E-state index in [1.807, 2.05) is 11.8 Å². The van der Waals surface area contributed by atoms with E-state index < -0.39 is 6.10 Å². The van der Waals surface area contributed by atoms with Crippen LogP contribution in [0.4, 0.5) is 0 Å². The van der Waals surface area contributed by atoms with E-state index in [1.165, 1.54) is 0 Å². The van der Waals surface area contributed by atoms with Crippen LogP contribution in [0.5, 0.6) is 0 Å². The molecule has 0 amide bonds. The van der Waals surface area contributed by atoms with Gasteiger partial charge in [-0.05, 0) is 6.92 Å². The van der Waals surface area contributed by atoms with Crippen molar-refractivity contribution < 1.29 is 10.2 Å². The van der Waals surface area contributed by atoms with Crippen molar-refractivity contribution in [2.75, 3.05) is 25.4 Å². The van der Waals surface area contributed by atoms with Gasteiger partial charge in [-0.3, -0.25) is 4.90 Å². The van der Waals surface area contributed by atoms with Crippen molar-refractivity contribution in [2.45, 2.75) is 31.2 Å². The SMILES string of the molecule is CC1SCCN(CC(O)CO)C1C. The lowest BCUT2D eigenvalue weighted by atomic mass is 10.2. The highest BCUT2D eigenvalue weighted by Crippen LogP contribution is 2.23. The fraction of sp³-hybridized carbons (Fsp3) is 1.00. The fourth-order valence-corrected chi connectivity index (χ4v) is 2.74. The average molecular weight is 205 g/mol. The van der Waals surface area contributed by atoms with Gasteiger partial charge >= 0.3 is 0 Å². The van der Waals surface area contributed by atoms with Gasteiger partial charge in [0.25, 0.3) is 0 Å². The highest BCUT2D eigenvalue weighted by Gasteiger charge is 2.26. The van der Waals surface area contributed by atoms with Crippen molar-refractivity contribution in [1.29, 1.82) is 0 Å². The molecule has 1 heterocycles. The van der Waals surface area contributed by atoms with Crippen LogP contribution in [-0.2, 0) is 0 Å². The topological polar surface area (TPSA) is 43.7 Å². The van der Waals surface area contributed by atoms with Gasteiger partial charge in [0.1, 0.15) is 0 Å². The number of nitrogens with zero attached hydrogens (tertiary/aromatic N) is 1. The Bertz CT molecular complexity index is 157. The zero-order chi connectivity index (χ0) is 9.84. The summed E-state index contributed by atoms with van der Waals surface area (Å²) in [6.07, 6.45) is -0.585. The quantitative estimate of drug-likeness (QED) is 0.689. The minimum Gasteiger partial charge on any atom is -0.394 e. The maximum atomic E-state index is 9.32. The number of aliphatic hydroxyl groups is 2. The Balaban J connectivity index is 2.39. The van der Waals surface area contributed by atoms with Gasteiger partial charge in [0.05, 0.1) is 12.7 Å². The van der Waals surface area contributed by atoms with Gasteiger partial charge in [0, 0.05) is 30.1 Å². The second-order valence-corrected chi connectivity index (χ2v) is 5.13. The molecule has 1 fully saturated rings. The van der Waals surface area contributed by atoms with Crippen LogP contribution >= 0.6 is 11.8 Å². The van der Waals surface area contributed by atoms with Crippen LogP contribution in [0.15, 0.2) is 0 Å². The minimum atomic E-state index is -0.585. The molecule has 1 rings (SSSR count). The lowest BCUT2D eigenvalue weighted by Gasteiger charge is -2.38. The first-order chi connectivity index (χ1) is 6.15. The molecule has 78 valence electrons. The van der Waals surface area contributed by atoms with Crippen LogP contribution in [0.1, 0.15) is 13.8 Å². The number of rotatable bonds is 3. The first-order valence-electron chi connectivity index (χ1n) is 4.79. The van der Waals surface area contributed by atoms with E-state index in [0.717, 1.165) is 12.3 Å². The zero-order valence-electron chi connectivity index (χ0n) is 8.31. The van der Waals surface area contributed by atoms with Crippen molar-refractivity contribution in [3.63, 3.8) is 0 Å². The summed E-state index contributed by atoms with van der Waals surface area (Å²) < 4.78 is 0. The van der Waals surface area contributed by atoms with Gasteiger partial charge < -0.3 is 10.2 Å². The molecule has 0 bridgehead atoms. The van der Waals surface area contributed by atoms with E-state index in [2.05, 4.69) is 18.7 Å². The van der Waals surface area contributed by atoms with Crippen molar-refractivity contribution in [2.24, 2.45) is 0 Å². The number of aliphatic hydroxyl groups excluding tert-OH is 2. The van der Waals surface area contributed by atoms with E-state index in [1.54, 1.807) is 0 Å². The lowest BCUT2D eigenvalue weighted by Crippen LogP contribution is -2.48. The van der Waals surface area contributed by atoms with E-state index in [4.69, 9.17) is 5.11 Å². The molecule has 0 aromatic rings. The maximum absolute atomic E-state index is 9.32. The van der Waals surface area contributed by atoms with Crippen LogP contribution in [0.2, 0.25) is 0 Å². The maximum Gasteiger partial charge on any atom is 0.0897 e. The molecule has 0 radical (unpaired) electrons. The summed E-state index contributed by atoms with van der Waals surface area (Å²) in [7, 11) is 0. The molecule has 0 saturated carbocycles. The summed E-state index contributed by atoms with van der Waals surface area (Å²) in [6.45, 7) is 5.88. The smallest absolute Gasteiger partial charge is 0.0897 e. The molecule has 0 aromatic heterocycles. The largest absolute Gasteiger partial charge is 0.394 e. The molecule has 3 nitrogen and oxygen atoms in total. The second kappa shape index (κ2) is 5.20. The van der Waals surface area contributed by atoms with Crippen LogP contribution in [-0.4, -0.2) is 58.0 Å². The van der Waals surface area contributed by atoms with Crippen molar-refractivity contribution in [1.82, 2.24) is 4.90 Å². The molecule has 1 saturated heterocycles. The van der Waals surface area contributed by atoms with Gasteiger partial charge in [-0.15, -0.1) is 0 Å². The summed E-state index contributed by atoms with van der Waals surface area (Å²) in [5.74, 6) is 1.13. The van der Waals surface area contributed by atoms with Crippen molar-refractivity contribution >= 4 is 11.8 Å². The van der Waals surface area contributed by atoms with E-state index in [-0.39, 0.29) is 6.61 Å². The standard InChI is InChI=1S/C9H19NO2S/c1-7-8(2)13-4-3-10(7)5-9(12)6-11/h7-9,11-12H,3-6H2,1-2H3. The summed E-state index contributed by atoms with van der Waals surface area (Å²) in [5.41, 5.74) is 0. The third kappa shape index (κ3) is 3.13. The first-order valence-corrected chi connectivity index (χ1v) is 5.84. The second-order valence-electron chi connectivity index (χ2n) is 3.65. The fourth-order valence-electron chi connectivity index (χ4n) is 1.58. The van der Waals surface area contributed by atoms with Gasteiger partial charge in [-0.1, -0.05) is 6.92 Å². The van der Waals surface area contributed by atoms with Crippen LogP contribution in [0, 0.1) is 0 Å². The summed E-state index contributed by atoms with van der Waals surface area (Å²) in [6, 6.07) is 0.500. The van der Waals surface area contributed by atoms with E-state index in [0.29, 0.717) is 17.8 Å². The molecule has 3 atom stereocenters. The number of β-amino-alcohol motifs (C(OH)–C–C–N with tert-alkyl or cyclic N) is 1. The summed E-state index contributed by atoms with van der Waals surface area (Å²) >= 11 is 1.98. The average Bonchev–Trinajstić information content (AvgIpc) is 2.13. The molecule has 3 unspecified atom stereocenters. The van der Waals surface area contributed by atoms with Crippen molar-refractivity contribution in [3.8, 4) is 0 Å². The predicted molar refractivity (Wildman–Crippen MR) is 56.0 cm³/mol. The van der Waals surface area contributed by atoms with E-state index in [9.17, 15) is 5.11 Å². The Morgan fingerprint density at radius 3 is 2.85 bits per heavy atom. The minimum absolute atomic E-state index is 0.134. The molecule has 0 aromatic carbocycles. The van der Waals surface area contributed by atoms with Gasteiger partial charge in [0.15, 0.2) is 0 Å². The Morgan fingerprint density at radius 1 is 1.54 bits per heavy atom. The van der Waals surface area contributed by atoms with Crippen LogP contribution in [0.25, 0.3) is 0 Å². The van der Waals surface area contributed by atoms with Crippen LogP contribution in [0.3, 0.4) is 0 Å². The highest BCUT2D eigenvalue weighted by molar-refractivity contribution is 8.00. The Labute approximate surface area is 84.1 Å². The molecule has 1 aliphatic heterocycles. The normalized spacial score (nSPS) is 33.2. The van der Waals surface area contributed by atoms with E-state index >= 15 is 0 Å². The van der Waals surface area contributed by atoms with Crippen molar-refractivity contribution in [3.05, 3.63) is 0 Å². The Morgan fingerprint density at radius 2 is 2.23 bits per heavy atom. The molecule has 1 aliphatic rings. The molecule has 4 heteroatoms. The zero-order valence-corrected chi connectivity index (χ0v) is 9.13. The predicted octanol–water partition coefficient (Wildman–Crippen LogP) is 0.165. The third-order valence-electron chi connectivity index (χ3n) is 2.67. The van der Waals surface area contributed by atoms with Crippen LogP contribution < -0.4 is 0 Å². The molecule has 13 heavy (non-hydrogen) atoms. The first kappa shape index (κ1) is 11.3. The molecule has 0 aliphatic carbocycles. The number of thioether (sulfide) groups is 1. The molecular formula is C9H19NO2S. The highest BCUT2D eigenvalue weighted by atomic mass is 32.2. The number of hydrogen-bond acceptors (Lipinski definition) is 4. The Hall–Kier alpha value is 0.230. The van der Waals surface area contributed by atoms with Gasteiger partial charge in [-0.2, -0.15) is 11.8 Å². The number of hydrogen-bond donors (Lipinski definition) is 2. The lowest BCUT2D eigenvalue weighted by molar-refractivity contribution is 0.0481. The molecular weight excluding hydrogens is 186 g/mol. The Kier molecular flexibility index (Phi) is 4.52. The molecule has 2 N–H and O–H groups in total. The van der Waals surface area contributed by atoms with Gasteiger partial charge in [-0.25, -0.2) is 0 Å². The third-order valence-corrected chi connectivity index (χ3v) is 4.01. The van der Waals surface area contributed by atoms with Gasteiger partial charge in [0.2, 0.25) is 0 Å².